The van der Waals surface area contributed by atoms with Crippen molar-refractivity contribution in [1.82, 2.24) is 4.98 Å². The van der Waals surface area contributed by atoms with Crippen molar-refractivity contribution < 1.29 is 5.11 Å². The molecule has 0 aliphatic carbocycles. The number of rotatable bonds is 1. The zero-order chi connectivity index (χ0) is 9.26. The molecule has 1 aromatic rings. The minimum absolute atomic E-state index is 0.235. The zero-order valence-electron chi connectivity index (χ0n) is 7.35. The smallest absolute Gasteiger partial charge is 0.151 e. The third-order valence-corrected chi connectivity index (χ3v) is 2.28. The first kappa shape index (κ1) is 8.31. The molecule has 0 spiro atoms. The molecule has 1 fully saturated rings. The summed E-state index contributed by atoms with van der Waals surface area (Å²) in [5, 5.41) is 9.34. The number of aliphatic hydroxyl groups excluding tert-OH is 1. The number of aliphatic hydroxyl groups is 1. The molecular formula is C9H13N3O. The first-order chi connectivity index (χ1) is 6.27. The van der Waals surface area contributed by atoms with Gasteiger partial charge in [-0.15, -0.1) is 0 Å². The Bertz CT molecular complexity index is 303. The first-order valence-electron chi connectivity index (χ1n) is 4.41. The summed E-state index contributed by atoms with van der Waals surface area (Å²) in [5.74, 6) is 0.791. The number of hydrogen-bond acceptors (Lipinski definition) is 4. The van der Waals surface area contributed by atoms with E-state index in [4.69, 9.17) is 5.73 Å². The molecule has 0 radical (unpaired) electrons. The van der Waals surface area contributed by atoms with Crippen LogP contribution in [-0.4, -0.2) is 29.3 Å². The Balaban J connectivity index is 2.21. The van der Waals surface area contributed by atoms with Crippen molar-refractivity contribution in [2.75, 3.05) is 23.7 Å². The summed E-state index contributed by atoms with van der Waals surface area (Å²) in [4.78, 5) is 6.20. The highest BCUT2D eigenvalue weighted by molar-refractivity contribution is 5.62. The summed E-state index contributed by atoms with van der Waals surface area (Å²) in [6, 6.07) is 3.64. The summed E-state index contributed by atoms with van der Waals surface area (Å²) in [7, 11) is 0. The van der Waals surface area contributed by atoms with Crippen LogP contribution in [0.5, 0.6) is 0 Å². The van der Waals surface area contributed by atoms with E-state index in [9.17, 15) is 5.11 Å². The van der Waals surface area contributed by atoms with Crippen LogP contribution in [-0.2, 0) is 0 Å². The lowest BCUT2D eigenvalue weighted by molar-refractivity contribution is 0.198. The van der Waals surface area contributed by atoms with E-state index in [1.54, 1.807) is 6.20 Å². The molecular weight excluding hydrogens is 166 g/mol. The summed E-state index contributed by atoms with van der Waals surface area (Å²) in [6.45, 7) is 1.48. The van der Waals surface area contributed by atoms with Gasteiger partial charge in [-0.3, -0.25) is 0 Å². The minimum Gasteiger partial charge on any atom is -0.396 e. The maximum atomic E-state index is 9.34. The van der Waals surface area contributed by atoms with Crippen molar-refractivity contribution in [1.29, 1.82) is 0 Å². The highest BCUT2D eigenvalue weighted by atomic mass is 16.3. The van der Waals surface area contributed by atoms with Crippen LogP contribution >= 0.6 is 0 Å². The van der Waals surface area contributed by atoms with Gasteiger partial charge in [0.1, 0.15) is 0 Å². The molecule has 1 aromatic heterocycles. The standard InChI is InChI=1S/C9H13N3O/c10-8-2-1-4-11-9(8)12-5-3-7(13)6-12/h1-2,4,7,13H,3,5-6,10H2/t7-/m1/s1. The van der Waals surface area contributed by atoms with Gasteiger partial charge in [0.15, 0.2) is 5.82 Å². The van der Waals surface area contributed by atoms with Crippen LogP contribution < -0.4 is 10.6 Å². The van der Waals surface area contributed by atoms with Gasteiger partial charge in [-0.2, -0.15) is 0 Å². The van der Waals surface area contributed by atoms with Gasteiger partial charge in [-0.05, 0) is 18.6 Å². The second kappa shape index (κ2) is 3.22. The van der Waals surface area contributed by atoms with E-state index in [0.29, 0.717) is 12.2 Å². The molecule has 1 aliphatic heterocycles. The van der Waals surface area contributed by atoms with Crippen LogP contribution in [0.15, 0.2) is 18.3 Å². The van der Waals surface area contributed by atoms with E-state index in [1.165, 1.54) is 0 Å². The largest absolute Gasteiger partial charge is 0.396 e. The van der Waals surface area contributed by atoms with Crippen LogP contribution in [0.1, 0.15) is 6.42 Å². The molecule has 70 valence electrons. The second-order valence-corrected chi connectivity index (χ2v) is 3.30. The van der Waals surface area contributed by atoms with Crippen LogP contribution in [0.2, 0.25) is 0 Å². The summed E-state index contributed by atoms with van der Waals surface area (Å²) < 4.78 is 0. The maximum absolute atomic E-state index is 9.34. The van der Waals surface area contributed by atoms with E-state index in [1.807, 2.05) is 17.0 Å². The molecule has 2 heterocycles. The fourth-order valence-corrected chi connectivity index (χ4v) is 1.61. The van der Waals surface area contributed by atoms with Crippen LogP contribution in [0.4, 0.5) is 11.5 Å². The molecule has 2 rings (SSSR count). The average Bonchev–Trinajstić information content (AvgIpc) is 2.53. The quantitative estimate of drug-likeness (QED) is 0.648. The van der Waals surface area contributed by atoms with E-state index in [0.717, 1.165) is 18.8 Å². The number of nitrogens with two attached hydrogens (primary N) is 1. The van der Waals surface area contributed by atoms with Gasteiger partial charge in [0.25, 0.3) is 0 Å². The van der Waals surface area contributed by atoms with E-state index in [2.05, 4.69) is 4.98 Å². The molecule has 0 aromatic carbocycles. The summed E-state index contributed by atoms with van der Waals surface area (Å²) >= 11 is 0. The van der Waals surface area contributed by atoms with Gasteiger partial charge in [0, 0.05) is 19.3 Å². The Kier molecular flexibility index (Phi) is 2.06. The number of hydrogen-bond donors (Lipinski definition) is 2. The third kappa shape index (κ3) is 1.58. The topological polar surface area (TPSA) is 62.4 Å². The van der Waals surface area contributed by atoms with Crippen molar-refractivity contribution in [3.05, 3.63) is 18.3 Å². The van der Waals surface area contributed by atoms with E-state index >= 15 is 0 Å². The zero-order valence-corrected chi connectivity index (χ0v) is 7.35. The van der Waals surface area contributed by atoms with Gasteiger partial charge in [0.2, 0.25) is 0 Å². The number of aromatic nitrogens is 1. The van der Waals surface area contributed by atoms with Crippen molar-refractivity contribution in [3.63, 3.8) is 0 Å². The Morgan fingerprint density at radius 1 is 1.62 bits per heavy atom. The lowest BCUT2D eigenvalue weighted by Crippen LogP contribution is -2.23. The average molecular weight is 179 g/mol. The molecule has 1 aliphatic rings. The Morgan fingerprint density at radius 2 is 2.46 bits per heavy atom. The fraction of sp³-hybridized carbons (Fsp3) is 0.444. The predicted molar refractivity (Wildman–Crippen MR) is 51.5 cm³/mol. The SMILES string of the molecule is Nc1cccnc1N1CC[C@@H](O)C1. The number of anilines is 2. The van der Waals surface area contributed by atoms with Gasteiger partial charge in [-0.1, -0.05) is 0 Å². The van der Waals surface area contributed by atoms with Gasteiger partial charge in [-0.25, -0.2) is 4.98 Å². The van der Waals surface area contributed by atoms with Gasteiger partial charge >= 0.3 is 0 Å². The Morgan fingerprint density at radius 3 is 3.08 bits per heavy atom. The highest BCUT2D eigenvalue weighted by Gasteiger charge is 2.22. The van der Waals surface area contributed by atoms with Crippen LogP contribution in [0, 0.1) is 0 Å². The first-order valence-corrected chi connectivity index (χ1v) is 4.41. The molecule has 0 unspecified atom stereocenters. The molecule has 4 heteroatoms. The van der Waals surface area contributed by atoms with Crippen molar-refractivity contribution in [2.45, 2.75) is 12.5 Å². The molecule has 0 amide bonds. The normalized spacial score (nSPS) is 22.2. The predicted octanol–water partition coefficient (Wildman–Crippen LogP) is 0.235. The van der Waals surface area contributed by atoms with Crippen molar-refractivity contribution in [2.24, 2.45) is 0 Å². The lowest BCUT2D eigenvalue weighted by Gasteiger charge is -2.17. The molecule has 1 atom stereocenters. The molecule has 3 N–H and O–H groups in total. The molecule has 1 saturated heterocycles. The maximum Gasteiger partial charge on any atom is 0.151 e. The number of pyridine rings is 1. The fourth-order valence-electron chi connectivity index (χ4n) is 1.61. The van der Waals surface area contributed by atoms with Crippen molar-refractivity contribution in [3.8, 4) is 0 Å². The molecule has 4 nitrogen and oxygen atoms in total. The van der Waals surface area contributed by atoms with Gasteiger partial charge in [0.05, 0.1) is 11.8 Å². The molecule has 13 heavy (non-hydrogen) atoms. The number of β-amino-alcohol motifs (C(OH)–C–C–N with tert-alkyl or cyclic N) is 1. The summed E-state index contributed by atoms with van der Waals surface area (Å²) in [6.07, 6.45) is 2.29. The molecule has 0 bridgehead atoms. The van der Waals surface area contributed by atoms with Crippen LogP contribution in [0.25, 0.3) is 0 Å². The Hall–Kier alpha value is -1.29. The minimum atomic E-state index is -0.235. The number of nitrogen functional groups attached to an aromatic ring is 1. The van der Waals surface area contributed by atoms with Gasteiger partial charge < -0.3 is 15.7 Å². The second-order valence-electron chi connectivity index (χ2n) is 3.30. The van der Waals surface area contributed by atoms with E-state index in [-0.39, 0.29) is 6.10 Å². The van der Waals surface area contributed by atoms with Crippen LogP contribution in [0.3, 0.4) is 0 Å². The highest BCUT2D eigenvalue weighted by Crippen LogP contribution is 2.23. The molecule has 0 saturated carbocycles. The Labute approximate surface area is 77.0 Å². The third-order valence-electron chi connectivity index (χ3n) is 2.28. The summed E-state index contributed by atoms with van der Waals surface area (Å²) in [5.41, 5.74) is 6.44. The number of nitrogens with zero attached hydrogens (tertiary/aromatic N) is 2. The van der Waals surface area contributed by atoms with E-state index < -0.39 is 0 Å². The lowest BCUT2D eigenvalue weighted by atomic mass is 10.3. The van der Waals surface area contributed by atoms with Crippen molar-refractivity contribution >= 4 is 11.5 Å². The monoisotopic (exact) mass is 179 g/mol.